The normalized spacial score (nSPS) is 14.0. The Kier molecular flexibility index (Phi) is 9.91. The fraction of sp³-hybridized carbons (Fsp3) is 0.405. The maximum Gasteiger partial charge on any atom is 0.147 e. The third kappa shape index (κ3) is 7.19. The van der Waals surface area contributed by atoms with Crippen LogP contribution in [0.4, 0.5) is 17.2 Å². The summed E-state index contributed by atoms with van der Waals surface area (Å²) in [6, 6.07) is 20.0. The standard InChI is InChI=1S/C37H47N5/c1-5-27-9-11-28(12-10-27)13-14-31-15-16-32(23-30(31)6-2)40-34-17-18-35-37(33(34)24-38)41-36(25-39-35)42-21-19-29(20-22-42)8-7-26(3)4/h9-12,15-18,23,25,29,40H,3,5-8,13-14,19-22,24,38H2,1-2,4H3. The fourth-order valence-corrected chi connectivity index (χ4v) is 6.15. The first-order valence-electron chi connectivity index (χ1n) is 15.8. The first-order valence-corrected chi connectivity index (χ1v) is 15.8. The average Bonchev–Trinajstić information content (AvgIpc) is 3.03. The quantitative estimate of drug-likeness (QED) is 0.170. The third-order valence-corrected chi connectivity index (χ3v) is 8.91. The zero-order valence-electron chi connectivity index (χ0n) is 25.8. The summed E-state index contributed by atoms with van der Waals surface area (Å²) < 4.78 is 0. The molecule has 0 bridgehead atoms. The summed E-state index contributed by atoms with van der Waals surface area (Å²) in [6.07, 6.45) is 10.9. The minimum atomic E-state index is 0.399. The Hall–Kier alpha value is -3.70. The maximum absolute atomic E-state index is 6.34. The molecular formula is C37H47N5. The number of hydrogen-bond acceptors (Lipinski definition) is 5. The summed E-state index contributed by atoms with van der Waals surface area (Å²) in [5.74, 6) is 1.73. The van der Waals surface area contributed by atoms with Crippen molar-refractivity contribution in [3.05, 3.63) is 101 Å². The number of hydrogen-bond donors (Lipinski definition) is 2. The van der Waals surface area contributed by atoms with Gasteiger partial charge in [0, 0.05) is 36.6 Å². The van der Waals surface area contributed by atoms with Crippen molar-refractivity contribution in [1.29, 1.82) is 0 Å². The molecule has 1 aliphatic rings. The van der Waals surface area contributed by atoms with E-state index in [4.69, 9.17) is 15.7 Å². The number of rotatable bonds is 12. The number of allylic oxidation sites excluding steroid dienone is 1. The van der Waals surface area contributed by atoms with E-state index in [1.807, 2.05) is 6.20 Å². The number of nitrogens with zero attached hydrogens (tertiary/aromatic N) is 3. The zero-order valence-corrected chi connectivity index (χ0v) is 25.8. The second kappa shape index (κ2) is 14.0. The summed E-state index contributed by atoms with van der Waals surface area (Å²) in [5, 5.41) is 3.66. The van der Waals surface area contributed by atoms with Crippen molar-refractivity contribution >= 4 is 28.2 Å². The van der Waals surface area contributed by atoms with Crippen molar-refractivity contribution in [3.63, 3.8) is 0 Å². The molecule has 0 saturated carbocycles. The molecule has 4 aromatic rings. The fourth-order valence-electron chi connectivity index (χ4n) is 6.15. The van der Waals surface area contributed by atoms with Crippen molar-refractivity contribution in [1.82, 2.24) is 9.97 Å². The molecule has 1 aromatic heterocycles. The maximum atomic E-state index is 6.34. The second-order valence-corrected chi connectivity index (χ2v) is 12.0. The van der Waals surface area contributed by atoms with Crippen LogP contribution in [0.2, 0.25) is 0 Å². The van der Waals surface area contributed by atoms with Crippen molar-refractivity contribution in [2.45, 2.75) is 78.7 Å². The lowest BCUT2D eigenvalue weighted by Gasteiger charge is -2.33. The zero-order chi connectivity index (χ0) is 29.5. The summed E-state index contributed by atoms with van der Waals surface area (Å²) in [7, 11) is 0. The number of fused-ring (bicyclic) bond motifs is 1. The molecule has 0 radical (unpaired) electrons. The highest BCUT2D eigenvalue weighted by molar-refractivity contribution is 5.86. The van der Waals surface area contributed by atoms with E-state index in [1.54, 1.807) is 0 Å². The van der Waals surface area contributed by atoms with Crippen LogP contribution in [0.15, 0.2) is 72.9 Å². The van der Waals surface area contributed by atoms with E-state index in [-0.39, 0.29) is 0 Å². The van der Waals surface area contributed by atoms with Gasteiger partial charge in [-0.05, 0) is 111 Å². The predicted octanol–water partition coefficient (Wildman–Crippen LogP) is 8.31. The van der Waals surface area contributed by atoms with Gasteiger partial charge in [-0.3, -0.25) is 4.98 Å². The van der Waals surface area contributed by atoms with Gasteiger partial charge in [0.1, 0.15) is 5.82 Å². The molecule has 5 heteroatoms. The first kappa shape index (κ1) is 29.8. The molecule has 0 unspecified atom stereocenters. The van der Waals surface area contributed by atoms with Crippen molar-refractivity contribution in [2.24, 2.45) is 11.7 Å². The van der Waals surface area contributed by atoms with Gasteiger partial charge in [-0.15, -0.1) is 6.58 Å². The molecule has 3 N–H and O–H groups in total. The predicted molar refractivity (Wildman–Crippen MR) is 179 cm³/mol. The lowest BCUT2D eigenvalue weighted by Crippen LogP contribution is -2.34. The van der Waals surface area contributed by atoms with Crippen LogP contribution < -0.4 is 16.0 Å². The highest BCUT2D eigenvalue weighted by Crippen LogP contribution is 2.31. The second-order valence-electron chi connectivity index (χ2n) is 12.0. The Morgan fingerprint density at radius 2 is 1.71 bits per heavy atom. The van der Waals surface area contributed by atoms with Gasteiger partial charge in [0.15, 0.2) is 0 Å². The largest absolute Gasteiger partial charge is 0.355 e. The molecular weight excluding hydrogens is 514 g/mol. The Balaban J connectivity index is 1.30. The van der Waals surface area contributed by atoms with Gasteiger partial charge in [-0.1, -0.05) is 49.8 Å². The van der Waals surface area contributed by atoms with Crippen molar-refractivity contribution in [2.75, 3.05) is 23.3 Å². The van der Waals surface area contributed by atoms with E-state index in [0.717, 1.165) is 84.9 Å². The Morgan fingerprint density at radius 3 is 2.40 bits per heavy atom. The topological polar surface area (TPSA) is 67.1 Å². The molecule has 0 spiro atoms. The Labute approximate surface area is 252 Å². The van der Waals surface area contributed by atoms with E-state index in [9.17, 15) is 0 Å². The molecule has 1 fully saturated rings. The molecule has 0 atom stereocenters. The number of nitrogens with two attached hydrogens (primary N) is 1. The smallest absolute Gasteiger partial charge is 0.147 e. The highest BCUT2D eigenvalue weighted by atomic mass is 15.2. The van der Waals surface area contributed by atoms with Gasteiger partial charge >= 0.3 is 0 Å². The lowest BCUT2D eigenvalue weighted by atomic mass is 9.91. The van der Waals surface area contributed by atoms with E-state index in [2.05, 4.69) is 92.2 Å². The van der Waals surface area contributed by atoms with Crippen LogP contribution >= 0.6 is 0 Å². The van der Waals surface area contributed by atoms with E-state index in [0.29, 0.717) is 6.54 Å². The minimum absolute atomic E-state index is 0.399. The molecule has 3 aromatic carbocycles. The van der Waals surface area contributed by atoms with Crippen LogP contribution in [0.3, 0.4) is 0 Å². The van der Waals surface area contributed by atoms with Crippen LogP contribution in [0, 0.1) is 5.92 Å². The van der Waals surface area contributed by atoms with Gasteiger partial charge in [0.05, 0.1) is 17.2 Å². The minimum Gasteiger partial charge on any atom is -0.355 e. The van der Waals surface area contributed by atoms with Crippen LogP contribution in [0.1, 0.15) is 74.3 Å². The molecule has 2 heterocycles. The van der Waals surface area contributed by atoms with Crippen molar-refractivity contribution in [3.8, 4) is 0 Å². The lowest BCUT2D eigenvalue weighted by molar-refractivity contribution is 0.380. The van der Waals surface area contributed by atoms with Gasteiger partial charge in [0.2, 0.25) is 0 Å². The van der Waals surface area contributed by atoms with E-state index < -0.39 is 0 Å². The number of aryl methyl sites for hydroxylation is 4. The van der Waals surface area contributed by atoms with Crippen molar-refractivity contribution < 1.29 is 0 Å². The monoisotopic (exact) mass is 561 g/mol. The molecule has 1 saturated heterocycles. The molecule has 5 nitrogen and oxygen atoms in total. The Bertz CT molecular complexity index is 1500. The summed E-state index contributed by atoms with van der Waals surface area (Å²) in [4.78, 5) is 12.3. The number of nitrogens with one attached hydrogen (secondary N) is 1. The van der Waals surface area contributed by atoms with E-state index >= 15 is 0 Å². The summed E-state index contributed by atoms with van der Waals surface area (Å²) in [6.45, 7) is 13.1. The average molecular weight is 562 g/mol. The van der Waals surface area contributed by atoms with Gasteiger partial charge in [-0.2, -0.15) is 0 Å². The van der Waals surface area contributed by atoms with Gasteiger partial charge < -0.3 is 16.0 Å². The molecule has 0 amide bonds. The van der Waals surface area contributed by atoms with Crippen LogP contribution in [0.5, 0.6) is 0 Å². The molecule has 1 aliphatic heterocycles. The summed E-state index contributed by atoms with van der Waals surface area (Å²) in [5.41, 5.74) is 18.1. The number of anilines is 3. The number of aromatic nitrogens is 2. The number of benzene rings is 3. The molecule has 42 heavy (non-hydrogen) atoms. The third-order valence-electron chi connectivity index (χ3n) is 8.91. The molecule has 0 aliphatic carbocycles. The Morgan fingerprint density at radius 1 is 0.952 bits per heavy atom. The number of piperidine rings is 1. The SMILES string of the molecule is C=C(C)CCC1CCN(c2cnc3ccc(Nc4ccc(CCc5ccc(CC)cc5)c(CC)c4)c(CN)c3n2)CC1. The highest BCUT2D eigenvalue weighted by Gasteiger charge is 2.21. The molecule has 5 rings (SSSR count). The first-order chi connectivity index (χ1) is 20.5. The van der Waals surface area contributed by atoms with Gasteiger partial charge in [-0.25, -0.2) is 4.98 Å². The van der Waals surface area contributed by atoms with Crippen LogP contribution in [-0.4, -0.2) is 23.1 Å². The van der Waals surface area contributed by atoms with E-state index in [1.165, 1.54) is 47.1 Å². The van der Waals surface area contributed by atoms with Crippen LogP contribution in [-0.2, 0) is 32.2 Å². The molecule has 220 valence electrons. The van der Waals surface area contributed by atoms with Crippen LogP contribution in [0.25, 0.3) is 11.0 Å². The van der Waals surface area contributed by atoms with Gasteiger partial charge in [0.25, 0.3) is 0 Å². The summed E-state index contributed by atoms with van der Waals surface area (Å²) >= 11 is 0.